The summed E-state index contributed by atoms with van der Waals surface area (Å²) in [6.07, 6.45) is 89.4. The van der Waals surface area contributed by atoms with Gasteiger partial charge in [0.1, 0.15) is 13.2 Å². The fourth-order valence-corrected chi connectivity index (χ4v) is 10.2. The molecule has 0 aliphatic heterocycles. The van der Waals surface area contributed by atoms with E-state index in [0.29, 0.717) is 19.3 Å². The molecule has 0 rings (SSSR count). The second kappa shape index (κ2) is 68.3. The van der Waals surface area contributed by atoms with Gasteiger partial charge >= 0.3 is 17.9 Å². The van der Waals surface area contributed by atoms with E-state index < -0.39 is 6.10 Å². The number of carbonyl (C=O) groups is 3. The predicted molar refractivity (Wildman–Crippen MR) is 348 cm³/mol. The van der Waals surface area contributed by atoms with Crippen LogP contribution in [0.3, 0.4) is 0 Å². The predicted octanol–water partition coefficient (Wildman–Crippen LogP) is 24.1. The maximum atomic E-state index is 12.9. The Bertz CT molecular complexity index is 1470. The van der Waals surface area contributed by atoms with Gasteiger partial charge in [-0.05, 0) is 109 Å². The zero-order valence-corrected chi connectivity index (χ0v) is 53.3. The smallest absolute Gasteiger partial charge is 0.306 e. The van der Waals surface area contributed by atoms with E-state index in [0.717, 1.165) is 96.3 Å². The van der Waals surface area contributed by atoms with Gasteiger partial charge in [-0.1, -0.05) is 306 Å². The van der Waals surface area contributed by atoms with Crippen LogP contribution in [0.1, 0.15) is 361 Å². The van der Waals surface area contributed by atoms with Crippen LogP contribution in [0.15, 0.2) is 72.9 Å². The van der Waals surface area contributed by atoms with Crippen LogP contribution < -0.4 is 0 Å². The third-order valence-electron chi connectivity index (χ3n) is 15.4. The lowest BCUT2D eigenvalue weighted by Gasteiger charge is -2.18. The Balaban J connectivity index is 4.13. The van der Waals surface area contributed by atoms with Gasteiger partial charge in [0.15, 0.2) is 6.10 Å². The molecular formula is C74H132O6. The van der Waals surface area contributed by atoms with Gasteiger partial charge in [-0.25, -0.2) is 0 Å². The largest absolute Gasteiger partial charge is 0.462 e. The average molecular weight is 1120 g/mol. The van der Waals surface area contributed by atoms with Crippen molar-refractivity contribution in [2.45, 2.75) is 367 Å². The number of unbranched alkanes of at least 4 members (excludes halogenated alkanes) is 41. The van der Waals surface area contributed by atoms with Crippen molar-refractivity contribution in [2.24, 2.45) is 0 Å². The van der Waals surface area contributed by atoms with Gasteiger partial charge in [-0.15, -0.1) is 0 Å². The van der Waals surface area contributed by atoms with Gasteiger partial charge in [0.25, 0.3) is 0 Å². The number of rotatable bonds is 64. The van der Waals surface area contributed by atoms with Crippen LogP contribution in [0.5, 0.6) is 0 Å². The highest BCUT2D eigenvalue weighted by atomic mass is 16.6. The quantitative estimate of drug-likeness (QED) is 0.0261. The van der Waals surface area contributed by atoms with Crippen LogP contribution in [0.25, 0.3) is 0 Å². The van der Waals surface area contributed by atoms with Crippen molar-refractivity contribution < 1.29 is 28.6 Å². The number of carbonyl (C=O) groups excluding carboxylic acids is 3. The molecule has 0 saturated heterocycles. The number of hydrogen-bond acceptors (Lipinski definition) is 6. The van der Waals surface area contributed by atoms with E-state index in [2.05, 4.69) is 93.7 Å². The lowest BCUT2D eigenvalue weighted by Crippen LogP contribution is -2.30. The van der Waals surface area contributed by atoms with Crippen LogP contribution in [0.4, 0.5) is 0 Å². The Morgan fingerprint density at radius 1 is 0.263 bits per heavy atom. The first kappa shape index (κ1) is 76.9. The maximum absolute atomic E-state index is 12.9. The van der Waals surface area contributed by atoms with Crippen molar-refractivity contribution in [3.63, 3.8) is 0 Å². The molecule has 0 aromatic rings. The molecule has 1 atom stereocenters. The summed E-state index contributed by atoms with van der Waals surface area (Å²) >= 11 is 0. The summed E-state index contributed by atoms with van der Waals surface area (Å²) in [6.45, 7) is 6.54. The van der Waals surface area contributed by atoms with Crippen molar-refractivity contribution in [1.82, 2.24) is 0 Å². The Hall–Kier alpha value is -3.15. The highest BCUT2D eigenvalue weighted by Gasteiger charge is 2.19. The minimum absolute atomic E-state index is 0.0766. The molecule has 0 bridgehead atoms. The first-order valence-corrected chi connectivity index (χ1v) is 34.9. The summed E-state index contributed by atoms with van der Waals surface area (Å²) < 4.78 is 16.9. The molecule has 0 aromatic heterocycles. The second-order valence-electron chi connectivity index (χ2n) is 23.4. The summed E-state index contributed by atoms with van der Waals surface area (Å²) in [5.74, 6) is -0.874. The van der Waals surface area contributed by atoms with Gasteiger partial charge in [0, 0.05) is 19.3 Å². The molecule has 0 heterocycles. The molecular weight excluding hydrogens is 985 g/mol. The zero-order valence-electron chi connectivity index (χ0n) is 53.3. The van der Waals surface area contributed by atoms with E-state index >= 15 is 0 Å². The highest BCUT2D eigenvalue weighted by Crippen LogP contribution is 2.18. The molecule has 0 fully saturated rings. The number of hydrogen-bond donors (Lipinski definition) is 0. The van der Waals surface area contributed by atoms with Crippen LogP contribution in [0, 0.1) is 0 Å². The third kappa shape index (κ3) is 65.7. The van der Waals surface area contributed by atoms with Crippen molar-refractivity contribution in [2.75, 3.05) is 13.2 Å². The molecule has 0 saturated carbocycles. The topological polar surface area (TPSA) is 78.9 Å². The van der Waals surface area contributed by atoms with Gasteiger partial charge in [0.05, 0.1) is 0 Å². The van der Waals surface area contributed by atoms with E-state index in [1.807, 2.05) is 0 Å². The molecule has 0 amide bonds. The highest BCUT2D eigenvalue weighted by molar-refractivity contribution is 5.71. The van der Waals surface area contributed by atoms with Crippen LogP contribution in [-0.4, -0.2) is 37.2 Å². The first-order valence-electron chi connectivity index (χ1n) is 34.9. The number of esters is 3. The summed E-state index contributed by atoms with van der Waals surface area (Å²) in [4.78, 5) is 38.3. The molecule has 1 unspecified atom stereocenters. The molecule has 6 nitrogen and oxygen atoms in total. The Labute approximate surface area is 497 Å². The van der Waals surface area contributed by atoms with E-state index in [1.165, 1.54) is 225 Å². The molecule has 0 aliphatic carbocycles. The number of ether oxygens (including phenoxy) is 3. The fourth-order valence-electron chi connectivity index (χ4n) is 10.2. The van der Waals surface area contributed by atoms with Gasteiger partial charge in [-0.3, -0.25) is 14.4 Å². The Morgan fingerprint density at radius 3 is 0.787 bits per heavy atom. The molecule has 80 heavy (non-hydrogen) atoms. The Kier molecular flexibility index (Phi) is 65.7. The van der Waals surface area contributed by atoms with Crippen LogP contribution in [-0.2, 0) is 28.6 Å². The average Bonchev–Trinajstić information content (AvgIpc) is 3.46. The van der Waals surface area contributed by atoms with E-state index in [1.54, 1.807) is 0 Å². The number of allylic oxidation sites excluding steroid dienone is 12. The first-order chi connectivity index (χ1) is 39.5. The molecule has 464 valence electrons. The summed E-state index contributed by atoms with van der Waals surface area (Å²) in [6, 6.07) is 0. The fraction of sp³-hybridized carbons (Fsp3) is 0.797. The SMILES string of the molecule is CC/C=C\C/C=C\C/C=C\C/C=C\CCCCCCCCCCCCCCCCCCCCCCC(=O)OCC(COC(=O)CCCCCCC/C=C\CCCCCC)OC(=O)CCCCCCC/C=C\CCCCCCCCC. The zero-order chi connectivity index (χ0) is 57.8. The summed E-state index contributed by atoms with van der Waals surface area (Å²) in [7, 11) is 0. The van der Waals surface area contributed by atoms with Crippen molar-refractivity contribution in [1.29, 1.82) is 0 Å². The molecule has 0 aromatic carbocycles. The van der Waals surface area contributed by atoms with Gasteiger partial charge in [0.2, 0.25) is 0 Å². The van der Waals surface area contributed by atoms with Crippen molar-refractivity contribution in [3.8, 4) is 0 Å². The minimum atomic E-state index is -0.781. The monoisotopic (exact) mass is 1120 g/mol. The summed E-state index contributed by atoms with van der Waals surface area (Å²) in [5, 5.41) is 0. The molecule has 0 aliphatic rings. The molecule has 0 spiro atoms. The Morgan fingerprint density at radius 2 is 0.487 bits per heavy atom. The lowest BCUT2D eigenvalue weighted by atomic mass is 10.0. The van der Waals surface area contributed by atoms with E-state index in [9.17, 15) is 14.4 Å². The second-order valence-corrected chi connectivity index (χ2v) is 23.4. The standard InChI is InChI=1S/C74H132O6/c1-4-7-10-13-16-19-22-25-27-29-30-31-32-33-34-35-36-37-38-39-40-41-42-43-44-45-47-49-52-55-58-61-64-67-73(76)79-70-71(69-78-72(75)66-63-60-57-54-51-48-24-21-18-15-12-9-6-3)80-74(77)68-65-62-59-56-53-50-46-28-26-23-20-17-14-11-8-5-2/h7,10,16,19,21,24-25,27-28,30-31,46,71H,4-6,8-9,11-15,17-18,20,22-23,26,29,32-45,47-70H2,1-3H3/b10-7-,19-16-,24-21-,27-25-,31-30-,46-28-. The van der Waals surface area contributed by atoms with Gasteiger partial charge < -0.3 is 14.2 Å². The van der Waals surface area contributed by atoms with Crippen molar-refractivity contribution in [3.05, 3.63) is 72.9 Å². The maximum Gasteiger partial charge on any atom is 0.306 e. The summed E-state index contributed by atoms with van der Waals surface area (Å²) in [5.41, 5.74) is 0. The molecule has 0 N–H and O–H groups in total. The minimum Gasteiger partial charge on any atom is -0.462 e. The van der Waals surface area contributed by atoms with Crippen LogP contribution in [0.2, 0.25) is 0 Å². The van der Waals surface area contributed by atoms with Crippen molar-refractivity contribution >= 4 is 17.9 Å². The van der Waals surface area contributed by atoms with Gasteiger partial charge in [-0.2, -0.15) is 0 Å². The normalized spacial score (nSPS) is 12.5. The van der Waals surface area contributed by atoms with E-state index in [4.69, 9.17) is 14.2 Å². The molecule has 0 radical (unpaired) electrons. The third-order valence-corrected chi connectivity index (χ3v) is 15.4. The molecule has 6 heteroatoms. The van der Waals surface area contributed by atoms with E-state index in [-0.39, 0.29) is 31.1 Å². The van der Waals surface area contributed by atoms with Crippen LogP contribution >= 0.6 is 0 Å². The lowest BCUT2D eigenvalue weighted by molar-refractivity contribution is -0.167.